The molecule has 0 aliphatic heterocycles. The molecule has 0 saturated heterocycles. The smallest absolute Gasteiger partial charge is 0.126 e. The van der Waals surface area contributed by atoms with E-state index in [2.05, 4.69) is 4.98 Å². The zero-order valence-corrected chi connectivity index (χ0v) is 9.09. The predicted octanol–water partition coefficient (Wildman–Crippen LogP) is 2.64. The van der Waals surface area contributed by atoms with E-state index in [1.807, 2.05) is 11.4 Å². The number of aryl methyl sites for hydroxylation is 1. The fraction of sp³-hybridized carbons (Fsp3) is 0.182. The van der Waals surface area contributed by atoms with Gasteiger partial charge in [-0.2, -0.15) is 0 Å². The molecule has 4 heteroatoms. The third-order valence-electron chi connectivity index (χ3n) is 2.33. The SMILES string of the molecule is Cc1ccc(C(N)c2cscn2)cc1F. The van der Waals surface area contributed by atoms with Crippen LogP contribution in [0.3, 0.4) is 0 Å². The summed E-state index contributed by atoms with van der Waals surface area (Å²) in [6, 6.07) is 4.70. The highest BCUT2D eigenvalue weighted by atomic mass is 32.1. The number of hydrogen-bond donors (Lipinski definition) is 1. The summed E-state index contributed by atoms with van der Waals surface area (Å²) in [7, 11) is 0. The largest absolute Gasteiger partial charge is 0.319 e. The first-order valence-electron chi connectivity index (χ1n) is 4.58. The average molecular weight is 222 g/mol. The van der Waals surface area contributed by atoms with Crippen LogP contribution in [0.4, 0.5) is 4.39 Å². The van der Waals surface area contributed by atoms with Gasteiger partial charge in [0.25, 0.3) is 0 Å². The van der Waals surface area contributed by atoms with Crippen molar-refractivity contribution in [3.05, 3.63) is 51.7 Å². The Balaban J connectivity index is 2.34. The summed E-state index contributed by atoms with van der Waals surface area (Å²) in [6.45, 7) is 1.73. The van der Waals surface area contributed by atoms with E-state index in [1.54, 1.807) is 18.5 Å². The first-order valence-corrected chi connectivity index (χ1v) is 5.52. The second kappa shape index (κ2) is 4.08. The minimum absolute atomic E-state index is 0.224. The number of rotatable bonds is 2. The van der Waals surface area contributed by atoms with Gasteiger partial charge in [0.1, 0.15) is 5.82 Å². The molecule has 0 bridgehead atoms. The molecular formula is C11H11FN2S. The highest BCUT2D eigenvalue weighted by Crippen LogP contribution is 2.21. The van der Waals surface area contributed by atoms with E-state index in [-0.39, 0.29) is 11.9 Å². The van der Waals surface area contributed by atoms with Crippen LogP contribution in [0.5, 0.6) is 0 Å². The maximum atomic E-state index is 13.3. The van der Waals surface area contributed by atoms with Crippen LogP contribution < -0.4 is 5.73 Å². The van der Waals surface area contributed by atoms with Crippen molar-refractivity contribution >= 4 is 11.3 Å². The van der Waals surface area contributed by atoms with Crippen molar-refractivity contribution in [2.75, 3.05) is 0 Å². The third kappa shape index (κ3) is 2.06. The Morgan fingerprint density at radius 1 is 1.47 bits per heavy atom. The molecular weight excluding hydrogens is 211 g/mol. The quantitative estimate of drug-likeness (QED) is 0.848. The van der Waals surface area contributed by atoms with Gasteiger partial charge in [-0.3, -0.25) is 0 Å². The molecule has 1 aromatic carbocycles. The van der Waals surface area contributed by atoms with Crippen LogP contribution in [-0.2, 0) is 0 Å². The average Bonchev–Trinajstić information content (AvgIpc) is 2.74. The summed E-state index contributed by atoms with van der Waals surface area (Å²) in [6.07, 6.45) is 0. The Labute approximate surface area is 91.6 Å². The molecule has 15 heavy (non-hydrogen) atoms. The van der Waals surface area contributed by atoms with Crippen LogP contribution >= 0.6 is 11.3 Å². The van der Waals surface area contributed by atoms with Gasteiger partial charge in [0.05, 0.1) is 17.2 Å². The van der Waals surface area contributed by atoms with Crippen LogP contribution in [0.2, 0.25) is 0 Å². The molecule has 2 rings (SSSR count). The van der Waals surface area contributed by atoms with E-state index < -0.39 is 0 Å². The molecule has 1 heterocycles. The molecule has 2 N–H and O–H groups in total. The number of thiazole rings is 1. The first kappa shape index (κ1) is 10.3. The number of nitrogens with zero attached hydrogens (tertiary/aromatic N) is 1. The number of benzene rings is 1. The number of nitrogens with two attached hydrogens (primary N) is 1. The van der Waals surface area contributed by atoms with Crippen molar-refractivity contribution < 1.29 is 4.39 Å². The highest BCUT2D eigenvalue weighted by Gasteiger charge is 2.11. The Bertz CT molecular complexity index is 454. The molecule has 0 amide bonds. The second-order valence-electron chi connectivity index (χ2n) is 3.40. The van der Waals surface area contributed by atoms with E-state index in [0.717, 1.165) is 11.3 Å². The molecule has 0 radical (unpaired) electrons. The summed E-state index contributed by atoms with van der Waals surface area (Å²) in [5, 5.41) is 1.88. The summed E-state index contributed by atoms with van der Waals surface area (Å²) < 4.78 is 13.3. The lowest BCUT2D eigenvalue weighted by molar-refractivity contribution is 0.614. The zero-order chi connectivity index (χ0) is 10.8. The molecule has 2 aromatic rings. The molecule has 0 saturated carbocycles. The number of halogens is 1. The van der Waals surface area contributed by atoms with Gasteiger partial charge in [-0.15, -0.1) is 11.3 Å². The van der Waals surface area contributed by atoms with Crippen molar-refractivity contribution in [3.63, 3.8) is 0 Å². The maximum Gasteiger partial charge on any atom is 0.126 e. The molecule has 0 spiro atoms. The number of aromatic nitrogens is 1. The van der Waals surface area contributed by atoms with Gasteiger partial charge in [-0.05, 0) is 24.1 Å². The summed E-state index contributed by atoms with van der Waals surface area (Å²) >= 11 is 1.49. The molecule has 0 fully saturated rings. The van der Waals surface area contributed by atoms with E-state index >= 15 is 0 Å². The predicted molar refractivity (Wildman–Crippen MR) is 59.3 cm³/mol. The summed E-state index contributed by atoms with van der Waals surface area (Å²) in [5.74, 6) is -0.224. The van der Waals surface area contributed by atoms with Crippen molar-refractivity contribution in [1.82, 2.24) is 4.98 Å². The molecule has 1 aromatic heterocycles. The molecule has 0 aliphatic carbocycles. The molecule has 2 nitrogen and oxygen atoms in total. The van der Waals surface area contributed by atoms with Gasteiger partial charge < -0.3 is 5.73 Å². The van der Waals surface area contributed by atoms with Gasteiger partial charge in [0.2, 0.25) is 0 Å². The standard InChI is InChI=1S/C11H11FN2S/c1-7-2-3-8(4-9(7)12)11(13)10-5-15-6-14-10/h2-6,11H,13H2,1H3. The monoisotopic (exact) mass is 222 g/mol. The highest BCUT2D eigenvalue weighted by molar-refractivity contribution is 7.07. The molecule has 1 atom stereocenters. The zero-order valence-electron chi connectivity index (χ0n) is 8.27. The normalized spacial score (nSPS) is 12.7. The van der Waals surface area contributed by atoms with Gasteiger partial charge in [-0.25, -0.2) is 9.37 Å². The summed E-state index contributed by atoms with van der Waals surface area (Å²) in [4.78, 5) is 4.12. The van der Waals surface area contributed by atoms with Crippen molar-refractivity contribution in [2.24, 2.45) is 5.73 Å². The van der Waals surface area contributed by atoms with Gasteiger partial charge >= 0.3 is 0 Å². The molecule has 1 unspecified atom stereocenters. The molecule has 78 valence electrons. The number of hydrogen-bond acceptors (Lipinski definition) is 3. The van der Waals surface area contributed by atoms with Gasteiger partial charge in [-0.1, -0.05) is 12.1 Å². The fourth-order valence-corrected chi connectivity index (χ4v) is 1.94. The maximum absolute atomic E-state index is 13.3. The van der Waals surface area contributed by atoms with Crippen LogP contribution in [0.25, 0.3) is 0 Å². The van der Waals surface area contributed by atoms with Gasteiger partial charge in [0, 0.05) is 5.38 Å². The Morgan fingerprint density at radius 3 is 2.87 bits per heavy atom. The minimum Gasteiger partial charge on any atom is -0.319 e. The second-order valence-corrected chi connectivity index (χ2v) is 4.12. The van der Waals surface area contributed by atoms with Crippen LogP contribution in [0, 0.1) is 12.7 Å². The van der Waals surface area contributed by atoms with E-state index in [0.29, 0.717) is 5.56 Å². The van der Waals surface area contributed by atoms with E-state index in [9.17, 15) is 4.39 Å². The third-order valence-corrected chi connectivity index (χ3v) is 2.93. The lowest BCUT2D eigenvalue weighted by Gasteiger charge is -2.09. The lowest BCUT2D eigenvalue weighted by atomic mass is 10.0. The minimum atomic E-state index is -0.341. The van der Waals surface area contributed by atoms with Crippen molar-refractivity contribution in [2.45, 2.75) is 13.0 Å². The fourth-order valence-electron chi connectivity index (χ4n) is 1.35. The summed E-state index contributed by atoms with van der Waals surface area (Å²) in [5.41, 5.74) is 9.84. The molecule has 0 aliphatic rings. The van der Waals surface area contributed by atoms with Crippen LogP contribution in [-0.4, -0.2) is 4.98 Å². The van der Waals surface area contributed by atoms with Gasteiger partial charge in [0.15, 0.2) is 0 Å². The lowest BCUT2D eigenvalue weighted by Crippen LogP contribution is -2.12. The Kier molecular flexibility index (Phi) is 2.79. The van der Waals surface area contributed by atoms with E-state index in [4.69, 9.17) is 5.73 Å². The van der Waals surface area contributed by atoms with Crippen LogP contribution in [0.15, 0.2) is 29.1 Å². The topological polar surface area (TPSA) is 38.9 Å². The van der Waals surface area contributed by atoms with Crippen molar-refractivity contribution in [1.29, 1.82) is 0 Å². The van der Waals surface area contributed by atoms with Crippen molar-refractivity contribution in [3.8, 4) is 0 Å². The first-order chi connectivity index (χ1) is 7.18. The Morgan fingerprint density at radius 2 is 2.27 bits per heavy atom. The van der Waals surface area contributed by atoms with Crippen LogP contribution in [0.1, 0.15) is 22.9 Å². The van der Waals surface area contributed by atoms with E-state index in [1.165, 1.54) is 17.4 Å². The Hall–Kier alpha value is -1.26.